The first-order valence-electron chi connectivity index (χ1n) is 7.52. The number of rotatable bonds is 11. The van der Waals surface area contributed by atoms with E-state index in [4.69, 9.17) is 0 Å². The molecule has 0 radical (unpaired) electrons. The molecule has 2 nitrogen and oxygen atoms in total. The smallest absolute Gasteiger partial charge is 0.123 e. The van der Waals surface area contributed by atoms with Gasteiger partial charge in [0.15, 0.2) is 0 Å². The highest BCUT2D eigenvalue weighted by Crippen LogP contribution is 2.11. The second-order valence-corrected chi connectivity index (χ2v) is 6.19. The van der Waals surface area contributed by atoms with Crippen LogP contribution >= 0.6 is 22.6 Å². The summed E-state index contributed by atoms with van der Waals surface area (Å²) in [5, 5.41) is 4.39. The van der Waals surface area contributed by atoms with Gasteiger partial charge in [-0.05, 0) is 35.1 Å². The van der Waals surface area contributed by atoms with Gasteiger partial charge in [-0.3, -0.25) is 4.68 Å². The summed E-state index contributed by atoms with van der Waals surface area (Å²) < 4.78 is 3.16. The Labute approximate surface area is 126 Å². The molecule has 0 saturated carbocycles. The minimum absolute atomic E-state index is 1.08. The average Bonchev–Trinajstić information content (AvgIpc) is 2.77. The monoisotopic (exact) mass is 362 g/mol. The summed E-state index contributed by atoms with van der Waals surface area (Å²) in [6, 6.07) is 2.07. The Morgan fingerprint density at radius 1 is 0.944 bits per heavy atom. The van der Waals surface area contributed by atoms with Crippen LogP contribution < -0.4 is 0 Å². The van der Waals surface area contributed by atoms with Crippen molar-refractivity contribution in [3.8, 4) is 0 Å². The zero-order valence-electron chi connectivity index (χ0n) is 11.7. The molecule has 3 heteroatoms. The van der Waals surface area contributed by atoms with Crippen LogP contribution in [0.15, 0.2) is 12.3 Å². The van der Waals surface area contributed by atoms with E-state index in [2.05, 4.69) is 51.6 Å². The topological polar surface area (TPSA) is 17.8 Å². The summed E-state index contributed by atoms with van der Waals surface area (Å²) in [6.07, 6.45) is 16.0. The molecule has 0 aliphatic rings. The van der Waals surface area contributed by atoms with E-state index in [0.717, 1.165) is 10.2 Å². The maximum atomic E-state index is 4.39. The first-order valence-corrected chi connectivity index (χ1v) is 8.59. The summed E-state index contributed by atoms with van der Waals surface area (Å²) in [5.41, 5.74) is 0. The van der Waals surface area contributed by atoms with E-state index in [1.54, 1.807) is 0 Å². The fourth-order valence-electron chi connectivity index (χ4n) is 2.22. The molecule has 0 bridgehead atoms. The highest BCUT2D eigenvalue weighted by molar-refractivity contribution is 14.1. The van der Waals surface area contributed by atoms with Crippen molar-refractivity contribution >= 4 is 22.6 Å². The molecule has 104 valence electrons. The van der Waals surface area contributed by atoms with Crippen molar-refractivity contribution < 1.29 is 0 Å². The van der Waals surface area contributed by atoms with Gasteiger partial charge in [-0.1, -0.05) is 64.7 Å². The molecule has 1 heterocycles. The number of aromatic nitrogens is 2. The predicted octanol–water partition coefficient (Wildman–Crippen LogP) is 5.41. The average molecular weight is 362 g/mol. The van der Waals surface area contributed by atoms with Gasteiger partial charge in [0.05, 0.1) is 0 Å². The second-order valence-electron chi connectivity index (χ2n) is 5.08. The molecule has 0 unspecified atom stereocenters. The summed E-state index contributed by atoms with van der Waals surface area (Å²) in [5.74, 6) is 0. The Morgan fingerprint density at radius 3 is 2.00 bits per heavy atom. The van der Waals surface area contributed by atoms with E-state index in [1.165, 1.54) is 64.2 Å². The highest BCUT2D eigenvalue weighted by atomic mass is 127. The molecule has 0 aliphatic heterocycles. The van der Waals surface area contributed by atoms with Gasteiger partial charge < -0.3 is 0 Å². The minimum atomic E-state index is 1.08. The molecular weight excluding hydrogens is 335 g/mol. The van der Waals surface area contributed by atoms with Crippen molar-refractivity contribution in [3.05, 3.63) is 16.0 Å². The minimum Gasteiger partial charge on any atom is -0.272 e. The Kier molecular flexibility index (Phi) is 9.62. The van der Waals surface area contributed by atoms with E-state index in [9.17, 15) is 0 Å². The lowest BCUT2D eigenvalue weighted by Crippen LogP contribution is -1.98. The van der Waals surface area contributed by atoms with Gasteiger partial charge in [0, 0.05) is 12.7 Å². The molecule has 1 aromatic heterocycles. The molecule has 0 aromatic carbocycles. The van der Waals surface area contributed by atoms with E-state index < -0.39 is 0 Å². The number of hydrogen-bond donors (Lipinski definition) is 0. The third-order valence-corrected chi connectivity index (χ3v) is 3.92. The summed E-state index contributed by atoms with van der Waals surface area (Å²) in [7, 11) is 0. The highest BCUT2D eigenvalue weighted by Gasteiger charge is 1.95. The fourth-order valence-corrected chi connectivity index (χ4v) is 2.66. The number of hydrogen-bond acceptors (Lipinski definition) is 1. The lowest BCUT2D eigenvalue weighted by atomic mass is 10.1. The number of nitrogens with zero attached hydrogens (tertiary/aromatic N) is 2. The van der Waals surface area contributed by atoms with E-state index in [-0.39, 0.29) is 0 Å². The number of halogens is 1. The van der Waals surface area contributed by atoms with Gasteiger partial charge in [-0.25, -0.2) is 0 Å². The van der Waals surface area contributed by atoms with Crippen LogP contribution in [-0.4, -0.2) is 9.78 Å². The van der Waals surface area contributed by atoms with Crippen LogP contribution in [0, 0.1) is 3.70 Å². The molecule has 0 saturated heterocycles. The lowest BCUT2D eigenvalue weighted by molar-refractivity contribution is 0.514. The molecule has 1 rings (SSSR count). The molecule has 1 aromatic rings. The normalized spacial score (nSPS) is 11.0. The van der Waals surface area contributed by atoms with Crippen LogP contribution in [-0.2, 0) is 6.54 Å². The van der Waals surface area contributed by atoms with Crippen molar-refractivity contribution in [1.82, 2.24) is 9.78 Å². The van der Waals surface area contributed by atoms with Gasteiger partial charge in [0.1, 0.15) is 3.70 Å². The Balaban J connectivity index is 1.81. The van der Waals surface area contributed by atoms with Crippen LogP contribution in [0.25, 0.3) is 0 Å². The third-order valence-electron chi connectivity index (χ3n) is 3.35. The Bertz CT molecular complexity index is 296. The molecule has 0 fully saturated rings. The second kappa shape index (κ2) is 10.8. The molecular formula is C15H27IN2. The fraction of sp³-hybridized carbons (Fsp3) is 0.800. The third kappa shape index (κ3) is 8.11. The van der Waals surface area contributed by atoms with Gasteiger partial charge in [0.25, 0.3) is 0 Å². The summed E-state index contributed by atoms with van der Waals surface area (Å²) in [6.45, 7) is 3.36. The predicted molar refractivity (Wildman–Crippen MR) is 86.8 cm³/mol. The van der Waals surface area contributed by atoms with Crippen LogP contribution in [0.2, 0.25) is 0 Å². The van der Waals surface area contributed by atoms with Gasteiger partial charge >= 0.3 is 0 Å². The SMILES string of the molecule is CCCCCCCCCCCCn1ccc(I)n1. The van der Waals surface area contributed by atoms with Crippen molar-refractivity contribution in [2.75, 3.05) is 0 Å². The van der Waals surface area contributed by atoms with Gasteiger partial charge in [-0.2, -0.15) is 5.10 Å². The zero-order chi connectivity index (χ0) is 13.1. The van der Waals surface area contributed by atoms with Crippen molar-refractivity contribution in [2.24, 2.45) is 0 Å². The van der Waals surface area contributed by atoms with Gasteiger partial charge in [-0.15, -0.1) is 0 Å². The van der Waals surface area contributed by atoms with E-state index >= 15 is 0 Å². The van der Waals surface area contributed by atoms with Gasteiger partial charge in [0.2, 0.25) is 0 Å². The maximum absolute atomic E-state index is 4.39. The van der Waals surface area contributed by atoms with Crippen LogP contribution in [0.5, 0.6) is 0 Å². The Hall–Kier alpha value is -0.0600. The van der Waals surface area contributed by atoms with Crippen molar-refractivity contribution in [2.45, 2.75) is 77.7 Å². The first-order chi connectivity index (χ1) is 8.83. The zero-order valence-corrected chi connectivity index (χ0v) is 13.9. The largest absolute Gasteiger partial charge is 0.272 e. The van der Waals surface area contributed by atoms with Crippen molar-refractivity contribution in [1.29, 1.82) is 0 Å². The molecule has 0 spiro atoms. The molecule has 0 aliphatic carbocycles. The van der Waals surface area contributed by atoms with Crippen LogP contribution in [0.1, 0.15) is 71.1 Å². The summed E-state index contributed by atoms with van der Waals surface area (Å²) >= 11 is 2.26. The Morgan fingerprint density at radius 2 is 1.50 bits per heavy atom. The maximum Gasteiger partial charge on any atom is 0.123 e. The summed E-state index contributed by atoms with van der Waals surface area (Å²) in [4.78, 5) is 0. The number of unbranched alkanes of at least 4 members (excludes halogenated alkanes) is 9. The molecule has 18 heavy (non-hydrogen) atoms. The van der Waals surface area contributed by atoms with Crippen LogP contribution in [0.4, 0.5) is 0 Å². The molecule has 0 atom stereocenters. The van der Waals surface area contributed by atoms with E-state index in [1.807, 2.05) is 0 Å². The lowest BCUT2D eigenvalue weighted by Gasteiger charge is -2.03. The first kappa shape index (κ1) is 16.0. The van der Waals surface area contributed by atoms with Crippen LogP contribution in [0.3, 0.4) is 0 Å². The number of aryl methyl sites for hydroxylation is 1. The standard InChI is InChI=1S/C15H27IN2/c1-2-3-4-5-6-7-8-9-10-11-13-18-14-12-15(16)17-18/h12,14H,2-11,13H2,1H3. The van der Waals surface area contributed by atoms with E-state index in [0.29, 0.717) is 0 Å². The molecule has 0 amide bonds. The quantitative estimate of drug-likeness (QED) is 0.380. The molecule has 0 N–H and O–H groups in total. The van der Waals surface area contributed by atoms with Crippen molar-refractivity contribution in [3.63, 3.8) is 0 Å².